The maximum Gasteiger partial charge on any atom is 0.277 e. The number of nitro benzene ring substituents is 1. The standard InChI is InChI=1S/C19H11NO6/c21-10-5-6-17-12(7-10)19(11-3-1-2-4-14(11)20(24)25)13-8-15(22)16(23)9-18(13)26-17/h1-9,21-22H. The highest BCUT2D eigenvalue weighted by Crippen LogP contribution is 2.44. The smallest absolute Gasteiger partial charge is 0.277 e. The van der Waals surface area contributed by atoms with E-state index in [2.05, 4.69) is 0 Å². The Bertz CT molecular complexity index is 1210. The van der Waals surface area contributed by atoms with Crippen molar-refractivity contribution in [3.63, 3.8) is 0 Å². The molecule has 0 radical (unpaired) electrons. The van der Waals surface area contributed by atoms with Crippen LogP contribution in [0.5, 0.6) is 11.5 Å². The van der Waals surface area contributed by atoms with Crippen LogP contribution in [-0.2, 0) is 0 Å². The zero-order valence-electron chi connectivity index (χ0n) is 13.2. The molecule has 0 saturated carbocycles. The number of phenolic OH excluding ortho intramolecular Hbond substituents is 2. The first-order valence-electron chi connectivity index (χ1n) is 7.62. The summed E-state index contributed by atoms with van der Waals surface area (Å²) in [4.78, 5) is 22.8. The van der Waals surface area contributed by atoms with Gasteiger partial charge in [-0.15, -0.1) is 0 Å². The van der Waals surface area contributed by atoms with Crippen LogP contribution >= 0.6 is 0 Å². The molecule has 1 aliphatic heterocycles. The number of aromatic hydroxyl groups is 2. The van der Waals surface area contributed by atoms with Crippen molar-refractivity contribution >= 4 is 16.7 Å². The normalized spacial score (nSPS) is 11.1. The van der Waals surface area contributed by atoms with Crippen LogP contribution in [0.3, 0.4) is 0 Å². The summed E-state index contributed by atoms with van der Waals surface area (Å²) in [6.07, 6.45) is 0. The average molecular weight is 349 g/mol. The molecule has 2 aromatic rings. The molecule has 128 valence electrons. The lowest BCUT2D eigenvalue weighted by Gasteiger charge is -2.15. The molecule has 0 bridgehead atoms. The molecule has 2 N–H and O–H groups in total. The van der Waals surface area contributed by atoms with Crippen molar-refractivity contribution in [2.75, 3.05) is 0 Å². The van der Waals surface area contributed by atoms with Gasteiger partial charge >= 0.3 is 0 Å². The van der Waals surface area contributed by atoms with Gasteiger partial charge in [0.05, 0.1) is 10.5 Å². The van der Waals surface area contributed by atoms with Gasteiger partial charge in [-0.25, -0.2) is 0 Å². The average Bonchev–Trinajstić information content (AvgIpc) is 2.61. The Morgan fingerprint density at radius 2 is 1.73 bits per heavy atom. The number of nitro groups is 1. The van der Waals surface area contributed by atoms with E-state index in [1.165, 1.54) is 30.3 Å². The van der Waals surface area contributed by atoms with Gasteiger partial charge in [-0.05, 0) is 30.3 Å². The minimum atomic E-state index is -0.618. The maximum atomic E-state index is 11.8. The van der Waals surface area contributed by atoms with E-state index in [1.54, 1.807) is 18.2 Å². The highest BCUT2D eigenvalue weighted by atomic mass is 16.6. The van der Waals surface area contributed by atoms with Gasteiger partial charge < -0.3 is 14.6 Å². The Kier molecular flexibility index (Phi) is 3.37. The number of hydrogen-bond donors (Lipinski definition) is 2. The van der Waals surface area contributed by atoms with Crippen molar-refractivity contribution in [2.24, 2.45) is 0 Å². The van der Waals surface area contributed by atoms with Crippen molar-refractivity contribution in [1.29, 1.82) is 0 Å². The number of hydrogen-bond acceptors (Lipinski definition) is 6. The quantitative estimate of drug-likeness (QED) is 0.322. The Morgan fingerprint density at radius 1 is 0.962 bits per heavy atom. The van der Waals surface area contributed by atoms with Gasteiger partial charge in [0.2, 0.25) is 5.43 Å². The summed E-state index contributed by atoms with van der Waals surface area (Å²) in [6, 6.07) is 12.8. The van der Waals surface area contributed by atoms with Crippen molar-refractivity contribution in [1.82, 2.24) is 0 Å². The van der Waals surface area contributed by atoms with E-state index in [0.717, 1.165) is 6.07 Å². The molecule has 4 rings (SSSR count). The van der Waals surface area contributed by atoms with E-state index in [0.29, 0.717) is 22.1 Å². The molecule has 0 unspecified atom stereocenters. The van der Waals surface area contributed by atoms with Crippen LogP contribution in [0.1, 0.15) is 0 Å². The summed E-state index contributed by atoms with van der Waals surface area (Å²) >= 11 is 0. The maximum absolute atomic E-state index is 11.8. The molecule has 0 saturated heterocycles. The zero-order chi connectivity index (χ0) is 18.4. The zero-order valence-corrected chi connectivity index (χ0v) is 13.2. The lowest BCUT2D eigenvalue weighted by molar-refractivity contribution is -0.384. The summed E-state index contributed by atoms with van der Waals surface area (Å²) in [7, 11) is 0. The first-order chi connectivity index (χ1) is 12.5. The summed E-state index contributed by atoms with van der Waals surface area (Å²) in [5, 5.41) is 31.6. The number of benzene rings is 3. The molecule has 1 heterocycles. The first kappa shape index (κ1) is 15.6. The third-order valence-corrected chi connectivity index (χ3v) is 4.15. The molecule has 1 aliphatic carbocycles. The lowest BCUT2D eigenvalue weighted by Crippen LogP contribution is -2.02. The van der Waals surface area contributed by atoms with Gasteiger partial charge in [-0.1, -0.05) is 12.1 Å². The molecule has 0 atom stereocenters. The minimum Gasteiger partial charge on any atom is -0.508 e. The van der Waals surface area contributed by atoms with Crippen LogP contribution in [0.4, 0.5) is 5.69 Å². The highest BCUT2D eigenvalue weighted by molar-refractivity contribution is 6.04. The molecule has 26 heavy (non-hydrogen) atoms. The number of nitrogens with zero attached hydrogens (tertiary/aromatic N) is 1. The lowest BCUT2D eigenvalue weighted by atomic mass is 9.92. The Balaban J connectivity index is 2.25. The number of phenols is 2. The Morgan fingerprint density at radius 3 is 2.50 bits per heavy atom. The van der Waals surface area contributed by atoms with Crippen LogP contribution in [0, 0.1) is 10.1 Å². The van der Waals surface area contributed by atoms with E-state index in [9.17, 15) is 25.1 Å². The molecule has 2 aliphatic rings. The van der Waals surface area contributed by atoms with Crippen LogP contribution < -0.4 is 5.43 Å². The molecule has 0 aromatic heterocycles. The summed E-state index contributed by atoms with van der Waals surface area (Å²) in [5.74, 6) is -0.359. The fourth-order valence-corrected chi connectivity index (χ4v) is 3.03. The van der Waals surface area contributed by atoms with Crippen LogP contribution in [0.2, 0.25) is 0 Å². The summed E-state index contributed by atoms with van der Waals surface area (Å²) in [6.45, 7) is 0. The number of fused-ring (bicyclic) bond motifs is 2. The molecule has 0 amide bonds. The molecule has 7 heteroatoms. The molecule has 0 fully saturated rings. The molecular weight excluding hydrogens is 338 g/mol. The Labute approximate surface area is 145 Å². The molecule has 0 spiro atoms. The second-order valence-electron chi connectivity index (χ2n) is 5.75. The summed E-state index contributed by atoms with van der Waals surface area (Å²) < 4.78 is 5.71. The van der Waals surface area contributed by atoms with E-state index < -0.39 is 16.1 Å². The predicted octanol–water partition coefficient (Wildman–Crippen LogP) is 3.88. The van der Waals surface area contributed by atoms with Gasteiger partial charge in [0.15, 0.2) is 5.75 Å². The molecule has 7 nitrogen and oxygen atoms in total. The number of rotatable bonds is 2. The van der Waals surface area contributed by atoms with E-state index in [-0.39, 0.29) is 22.8 Å². The predicted molar refractivity (Wildman–Crippen MR) is 94.5 cm³/mol. The van der Waals surface area contributed by atoms with Gasteiger partial charge in [-0.2, -0.15) is 0 Å². The molecular formula is C19H11NO6. The number of para-hydroxylation sites is 1. The third kappa shape index (κ3) is 2.34. The van der Waals surface area contributed by atoms with E-state index in [1.807, 2.05) is 0 Å². The van der Waals surface area contributed by atoms with Gasteiger partial charge in [0.25, 0.3) is 5.69 Å². The van der Waals surface area contributed by atoms with Crippen LogP contribution in [-0.4, -0.2) is 15.1 Å². The van der Waals surface area contributed by atoms with Gasteiger partial charge in [-0.3, -0.25) is 14.9 Å². The molecule has 2 aromatic carbocycles. The van der Waals surface area contributed by atoms with Crippen molar-refractivity contribution in [3.05, 3.63) is 74.9 Å². The largest absolute Gasteiger partial charge is 0.508 e. The fraction of sp³-hybridized carbons (Fsp3) is 0. The van der Waals surface area contributed by atoms with Crippen molar-refractivity contribution in [2.45, 2.75) is 0 Å². The SMILES string of the molecule is O=c1cc2oc3ccc(O)cc3c(-c3ccccc3[N+](=O)[O-])c-2cc1O. The first-order valence-corrected chi connectivity index (χ1v) is 7.62. The minimum absolute atomic E-state index is 0.0449. The van der Waals surface area contributed by atoms with Crippen molar-refractivity contribution < 1.29 is 19.6 Å². The third-order valence-electron chi connectivity index (χ3n) is 4.15. The van der Waals surface area contributed by atoms with Gasteiger partial charge in [0, 0.05) is 28.6 Å². The fourth-order valence-electron chi connectivity index (χ4n) is 3.03. The van der Waals surface area contributed by atoms with Gasteiger partial charge in [0.1, 0.15) is 17.1 Å². The second kappa shape index (κ2) is 5.59. The highest BCUT2D eigenvalue weighted by Gasteiger charge is 2.24. The van der Waals surface area contributed by atoms with Crippen LogP contribution in [0.15, 0.2) is 63.8 Å². The Hall–Kier alpha value is -3.87. The van der Waals surface area contributed by atoms with E-state index in [4.69, 9.17) is 4.42 Å². The van der Waals surface area contributed by atoms with Crippen molar-refractivity contribution in [3.8, 4) is 33.9 Å². The van der Waals surface area contributed by atoms with E-state index >= 15 is 0 Å². The summed E-state index contributed by atoms with van der Waals surface area (Å²) in [5.41, 5.74) is 0.581. The van der Waals surface area contributed by atoms with Crippen LogP contribution in [0.25, 0.3) is 33.4 Å². The monoisotopic (exact) mass is 349 g/mol. The topological polar surface area (TPSA) is 114 Å². The second-order valence-corrected chi connectivity index (χ2v) is 5.75.